The molecule has 1 heterocycles. The molecule has 0 unspecified atom stereocenters. The summed E-state index contributed by atoms with van der Waals surface area (Å²) in [6, 6.07) is 16.5. The van der Waals surface area contributed by atoms with Crippen LogP contribution in [-0.4, -0.2) is 12.5 Å². The van der Waals surface area contributed by atoms with E-state index >= 15 is 0 Å². The molecule has 1 spiro atoms. The zero-order valence-corrected chi connectivity index (χ0v) is 13.3. The number of hydrogen-bond donors (Lipinski definition) is 0. The van der Waals surface area contributed by atoms with Crippen molar-refractivity contribution in [2.24, 2.45) is 5.41 Å². The first kappa shape index (κ1) is 13.1. The minimum Gasteiger partial charge on any atom is -0.312 e. The van der Waals surface area contributed by atoms with E-state index in [-0.39, 0.29) is 5.41 Å². The van der Waals surface area contributed by atoms with E-state index < -0.39 is 0 Å². The zero-order valence-electron chi connectivity index (χ0n) is 11.7. The van der Waals surface area contributed by atoms with E-state index in [4.69, 9.17) is 0 Å². The third-order valence-electron chi connectivity index (χ3n) is 4.83. The highest BCUT2D eigenvalue weighted by atomic mass is 79.9. The van der Waals surface area contributed by atoms with Gasteiger partial charge in [-0.1, -0.05) is 40.2 Å². The minimum atomic E-state index is -0.198. The van der Waals surface area contributed by atoms with Crippen LogP contribution in [0.4, 0.5) is 5.69 Å². The van der Waals surface area contributed by atoms with E-state index in [1.165, 1.54) is 11.1 Å². The summed E-state index contributed by atoms with van der Waals surface area (Å²) in [7, 11) is 0. The molecular formula is C18H16BrNO. The molecule has 1 fully saturated rings. The van der Waals surface area contributed by atoms with Crippen molar-refractivity contribution in [1.29, 1.82) is 0 Å². The second-order valence-corrected chi connectivity index (χ2v) is 7.00. The Bertz CT molecular complexity index is 682. The maximum absolute atomic E-state index is 13.0. The number of rotatable bonds is 1. The molecule has 1 aliphatic heterocycles. The normalized spacial score (nSPS) is 19.3. The monoisotopic (exact) mass is 341 g/mol. The molecule has 0 radical (unpaired) electrons. The summed E-state index contributed by atoms with van der Waals surface area (Å²) in [5.41, 5.74) is 3.51. The maximum Gasteiger partial charge on any atom is 0.233 e. The second kappa shape index (κ2) is 4.70. The van der Waals surface area contributed by atoms with Crippen LogP contribution in [0.1, 0.15) is 17.5 Å². The van der Waals surface area contributed by atoms with Crippen molar-refractivity contribution >= 4 is 27.5 Å². The first-order valence-corrected chi connectivity index (χ1v) is 8.12. The van der Waals surface area contributed by atoms with Crippen molar-refractivity contribution in [2.75, 3.05) is 11.4 Å². The van der Waals surface area contributed by atoms with Crippen LogP contribution in [0, 0.1) is 5.41 Å². The van der Waals surface area contributed by atoms with Gasteiger partial charge in [0.25, 0.3) is 0 Å². The van der Waals surface area contributed by atoms with Crippen molar-refractivity contribution in [3.63, 3.8) is 0 Å². The molecule has 0 aromatic heterocycles. The van der Waals surface area contributed by atoms with E-state index in [1.54, 1.807) is 0 Å². The largest absolute Gasteiger partial charge is 0.312 e. The second-order valence-electron chi connectivity index (χ2n) is 6.09. The van der Waals surface area contributed by atoms with Crippen LogP contribution < -0.4 is 4.90 Å². The number of carbonyl (C=O) groups is 1. The number of fused-ring (bicyclic) bond motifs is 1. The Morgan fingerprint density at radius 2 is 1.57 bits per heavy atom. The van der Waals surface area contributed by atoms with Crippen LogP contribution in [0.5, 0.6) is 0 Å². The molecule has 2 aliphatic rings. The fraction of sp³-hybridized carbons (Fsp3) is 0.278. The Kier molecular flexibility index (Phi) is 2.93. The van der Waals surface area contributed by atoms with Crippen molar-refractivity contribution in [3.05, 3.63) is 64.1 Å². The van der Waals surface area contributed by atoms with Gasteiger partial charge in [-0.2, -0.15) is 0 Å². The fourth-order valence-corrected chi connectivity index (χ4v) is 3.97. The number of anilines is 1. The van der Waals surface area contributed by atoms with Crippen molar-refractivity contribution < 1.29 is 4.79 Å². The van der Waals surface area contributed by atoms with Gasteiger partial charge >= 0.3 is 0 Å². The summed E-state index contributed by atoms with van der Waals surface area (Å²) in [6.45, 7) is 0.828. The Morgan fingerprint density at radius 1 is 0.952 bits per heavy atom. The average Bonchev–Trinajstić information content (AvgIpc) is 3.02. The quantitative estimate of drug-likeness (QED) is 0.768. The van der Waals surface area contributed by atoms with Gasteiger partial charge in [-0.05, 0) is 54.7 Å². The van der Waals surface area contributed by atoms with Gasteiger partial charge in [0.2, 0.25) is 5.91 Å². The molecule has 21 heavy (non-hydrogen) atoms. The van der Waals surface area contributed by atoms with Crippen molar-refractivity contribution in [1.82, 2.24) is 0 Å². The third kappa shape index (κ3) is 2.03. The standard InChI is InChI=1S/C18H16BrNO/c19-15-5-7-16(8-6-15)20-10-9-18(17(20)21)11-13-3-1-2-4-14(13)12-18/h1-8H,9-12H2. The zero-order chi connectivity index (χ0) is 14.4. The highest BCUT2D eigenvalue weighted by Gasteiger charge is 2.50. The molecular weight excluding hydrogens is 326 g/mol. The Hall–Kier alpha value is -1.61. The molecule has 4 rings (SSSR count). The van der Waals surface area contributed by atoms with Gasteiger partial charge in [0, 0.05) is 16.7 Å². The topological polar surface area (TPSA) is 20.3 Å². The summed E-state index contributed by atoms with van der Waals surface area (Å²) in [4.78, 5) is 15.0. The van der Waals surface area contributed by atoms with Crippen LogP contribution in [-0.2, 0) is 17.6 Å². The van der Waals surface area contributed by atoms with Crippen LogP contribution in [0.15, 0.2) is 53.0 Å². The first-order valence-electron chi connectivity index (χ1n) is 7.32. The lowest BCUT2D eigenvalue weighted by molar-refractivity contribution is -0.125. The molecule has 1 amide bonds. The lowest BCUT2D eigenvalue weighted by atomic mass is 9.83. The smallest absolute Gasteiger partial charge is 0.233 e. The molecule has 0 atom stereocenters. The lowest BCUT2D eigenvalue weighted by Gasteiger charge is -2.22. The molecule has 2 aromatic rings. The number of carbonyl (C=O) groups excluding carboxylic acids is 1. The summed E-state index contributed by atoms with van der Waals surface area (Å²) >= 11 is 3.44. The number of nitrogens with zero attached hydrogens (tertiary/aromatic N) is 1. The van der Waals surface area contributed by atoms with E-state index in [9.17, 15) is 4.79 Å². The summed E-state index contributed by atoms with van der Waals surface area (Å²) in [5, 5.41) is 0. The van der Waals surface area contributed by atoms with E-state index in [0.717, 1.165) is 36.0 Å². The van der Waals surface area contributed by atoms with Gasteiger partial charge in [0.1, 0.15) is 0 Å². The van der Waals surface area contributed by atoms with Gasteiger partial charge in [0.15, 0.2) is 0 Å². The number of benzene rings is 2. The molecule has 3 heteroatoms. The fourth-order valence-electron chi connectivity index (χ4n) is 3.71. The van der Waals surface area contributed by atoms with Crippen LogP contribution in [0.3, 0.4) is 0 Å². The Balaban J connectivity index is 1.64. The van der Waals surface area contributed by atoms with Crippen LogP contribution in [0.2, 0.25) is 0 Å². The first-order chi connectivity index (χ1) is 10.2. The van der Waals surface area contributed by atoms with Crippen molar-refractivity contribution in [3.8, 4) is 0 Å². The molecule has 0 bridgehead atoms. The molecule has 1 aliphatic carbocycles. The van der Waals surface area contributed by atoms with Gasteiger partial charge in [-0.3, -0.25) is 4.79 Å². The van der Waals surface area contributed by atoms with Gasteiger partial charge < -0.3 is 4.90 Å². The Morgan fingerprint density at radius 3 is 2.19 bits per heavy atom. The predicted octanol–water partition coefficient (Wildman–Crippen LogP) is 3.97. The molecule has 1 saturated heterocycles. The molecule has 2 aromatic carbocycles. The molecule has 2 nitrogen and oxygen atoms in total. The van der Waals surface area contributed by atoms with Gasteiger partial charge in [-0.15, -0.1) is 0 Å². The van der Waals surface area contributed by atoms with Gasteiger partial charge in [-0.25, -0.2) is 0 Å². The summed E-state index contributed by atoms with van der Waals surface area (Å²) in [6.07, 6.45) is 2.75. The molecule has 106 valence electrons. The molecule has 0 N–H and O–H groups in total. The summed E-state index contributed by atoms with van der Waals surface area (Å²) in [5.74, 6) is 0.293. The molecule has 0 saturated carbocycles. The SMILES string of the molecule is O=C1N(c2ccc(Br)cc2)CCC12Cc1ccccc1C2. The Labute approximate surface area is 132 Å². The number of amides is 1. The predicted molar refractivity (Wildman–Crippen MR) is 87.4 cm³/mol. The highest BCUT2D eigenvalue weighted by molar-refractivity contribution is 9.10. The highest BCUT2D eigenvalue weighted by Crippen LogP contribution is 2.45. The van der Waals surface area contributed by atoms with E-state index in [1.807, 2.05) is 29.2 Å². The summed E-state index contributed by atoms with van der Waals surface area (Å²) < 4.78 is 1.04. The van der Waals surface area contributed by atoms with E-state index in [0.29, 0.717) is 5.91 Å². The number of hydrogen-bond acceptors (Lipinski definition) is 1. The maximum atomic E-state index is 13.0. The van der Waals surface area contributed by atoms with Gasteiger partial charge in [0.05, 0.1) is 5.41 Å². The van der Waals surface area contributed by atoms with Crippen molar-refractivity contribution in [2.45, 2.75) is 19.3 Å². The third-order valence-corrected chi connectivity index (χ3v) is 5.36. The van der Waals surface area contributed by atoms with Crippen LogP contribution >= 0.6 is 15.9 Å². The number of halogens is 1. The lowest BCUT2D eigenvalue weighted by Crippen LogP contribution is -2.35. The average molecular weight is 342 g/mol. The van der Waals surface area contributed by atoms with Crippen LogP contribution in [0.25, 0.3) is 0 Å². The van der Waals surface area contributed by atoms with E-state index in [2.05, 4.69) is 40.2 Å². The minimum absolute atomic E-state index is 0.198.